The van der Waals surface area contributed by atoms with Crippen LogP contribution in [0.4, 0.5) is 11.4 Å². The molecule has 0 saturated heterocycles. The first-order valence-corrected chi connectivity index (χ1v) is 7.20. The molecule has 2 rings (SSSR count). The average molecular weight is 324 g/mol. The zero-order chi connectivity index (χ0) is 15.4. The number of carbonyl (C=O) groups excluding carboxylic acids is 1. The predicted molar refractivity (Wildman–Crippen MR) is 86.6 cm³/mol. The number of hydrogen-bond donors (Lipinski definition) is 2. The van der Waals surface area contributed by atoms with Gasteiger partial charge in [-0.1, -0.05) is 29.3 Å². The average Bonchev–Trinajstić information content (AvgIpc) is 2.43. The van der Waals surface area contributed by atoms with Gasteiger partial charge in [0.25, 0.3) is 5.91 Å². The highest BCUT2D eigenvalue weighted by molar-refractivity contribution is 6.43. The summed E-state index contributed by atoms with van der Waals surface area (Å²) >= 11 is 12.1. The number of hydrogen-bond acceptors (Lipinski definition) is 3. The standard InChI is InChI=1S/C15H15Cl2N3O/c1-9(2)19-15(21)10-6-11(8-18-7-10)20-13-5-3-4-12(16)14(13)17/h3-9,20H,1-2H3,(H,19,21). The van der Waals surface area contributed by atoms with Gasteiger partial charge in [0.2, 0.25) is 0 Å². The van der Waals surface area contributed by atoms with Gasteiger partial charge in [-0.15, -0.1) is 0 Å². The molecule has 6 heteroatoms. The van der Waals surface area contributed by atoms with E-state index in [-0.39, 0.29) is 11.9 Å². The Labute approximate surface area is 133 Å². The molecule has 4 nitrogen and oxygen atoms in total. The van der Waals surface area contributed by atoms with Crippen molar-refractivity contribution in [1.29, 1.82) is 0 Å². The van der Waals surface area contributed by atoms with Gasteiger partial charge in [0.15, 0.2) is 0 Å². The molecule has 0 spiro atoms. The molecule has 0 aliphatic carbocycles. The molecule has 2 aromatic rings. The summed E-state index contributed by atoms with van der Waals surface area (Å²) in [6, 6.07) is 7.08. The molecule has 1 heterocycles. The van der Waals surface area contributed by atoms with Gasteiger partial charge in [0.1, 0.15) is 0 Å². The van der Waals surface area contributed by atoms with Crippen LogP contribution in [0.2, 0.25) is 10.0 Å². The van der Waals surface area contributed by atoms with Crippen molar-refractivity contribution in [3.63, 3.8) is 0 Å². The first-order chi connectivity index (χ1) is 9.97. The molecule has 2 N–H and O–H groups in total. The molecular formula is C15H15Cl2N3O. The van der Waals surface area contributed by atoms with E-state index in [4.69, 9.17) is 23.2 Å². The van der Waals surface area contributed by atoms with Crippen molar-refractivity contribution in [1.82, 2.24) is 10.3 Å². The van der Waals surface area contributed by atoms with Crippen LogP contribution in [-0.2, 0) is 0 Å². The van der Waals surface area contributed by atoms with E-state index in [0.29, 0.717) is 27.0 Å². The van der Waals surface area contributed by atoms with Crippen LogP contribution in [0, 0.1) is 0 Å². The Morgan fingerprint density at radius 1 is 1.24 bits per heavy atom. The maximum absolute atomic E-state index is 12.0. The zero-order valence-electron chi connectivity index (χ0n) is 11.7. The van der Waals surface area contributed by atoms with Gasteiger partial charge in [0, 0.05) is 12.2 Å². The molecule has 0 radical (unpaired) electrons. The maximum Gasteiger partial charge on any atom is 0.253 e. The summed E-state index contributed by atoms with van der Waals surface area (Å²) in [6.07, 6.45) is 3.13. The first kappa shape index (κ1) is 15.6. The molecule has 1 aromatic carbocycles. The number of benzene rings is 1. The minimum atomic E-state index is -0.168. The Kier molecular flexibility index (Phi) is 5.04. The van der Waals surface area contributed by atoms with Gasteiger partial charge in [-0.05, 0) is 32.0 Å². The second kappa shape index (κ2) is 6.78. The van der Waals surface area contributed by atoms with Gasteiger partial charge in [-0.2, -0.15) is 0 Å². The summed E-state index contributed by atoms with van der Waals surface area (Å²) in [6.45, 7) is 3.80. The Bertz CT molecular complexity index is 659. The molecule has 0 unspecified atom stereocenters. The third-order valence-electron chi connectivity index (χ3n) is 2.65. The minimum Gasteiger partial charge on any atom is -0.353 e. The second-order valence-corrected chi connectivity index (χ2v) is 5.60. The molecule has 110 valence electrons. The van der Waals surface area contributed by atoms with Gasteiger partial charge in [-0.3, -0.25) is 9.78 Å². The van der Waals surface area contributed by atoms with Crippen molar-refractivity contribution in [2.45, 2.75) is 19.9 Å². The largest absolute Gasteiger partial charge is 0.353 e. The first-order valence-electron chi connectivity index (χ1n) is 6.44. The lowest BCUT2D eigenvalue weighted by Crippen LogP contribution is -2.30. The van der Waals surface area contributed by atoms with Crippen molar-refractivity contribution in [3.8, 4) is 0 Å². The fourth-order valence-corrected chi connectivity index (χ4v) is 2.08. The van der Waals surface area contributed by atoms with E-state index in [0.717, 1.165) is 0 Å². The van der Waals surface area contributed by atoms with Crippen molar-refractivity contribution in [2.24, 2.45) is 0 Å². The Balaban J connectivity index is 2.22. The number of rotatable bonds is 4. The number of anilines is 2. The summed E-state index contributed by atoms with van der Waals surface area (Å²) in [5, 5.41) is 6.81. The lowest BCUT2D eigenvalue weighted by atomic mass is 10.2. The van der Waals surface area contributed by atoms with Crippen LogP contribution in [0.3, 0.4) is 0 Å². The fraction of sp³-hybridized carbons (Fsp3) is 0.200. The van der Waals surface area contributed by atoms with Crippen molar-refractivity contribution in [3.05, 3.63) is 52.3 Å². The minimum absolute atomic E-state index is 0.0662. The van der Waals surface area contributed by atoms with E-state index in [2.05, 4.69) is 15.6 Å². The Morgan fingerprint density at radius 2 is 2.00 bits per heavy atom. The van der Waals surface area contributed by atoms with Gasteiger partial charge >= 0.3 is 0 Å². The molecular weight excluding hydrogens is 309 g/mol. The lowest BCUT2D eigenvalue weighted by molar-refractivity contribution is 0.0943. The van der Waals surface area contributed by atoms with E-state index in [1.165, 1.54) is 6.20 Å². The predicted octanol–water partition coefficient (Wildman–Crippen LogP) is 4.27. The van der Waals surface area contributed by atoms with E-state index in [1.807, 2.05) is 13.8 Å². The molecule has 1 aromatic heterocycles. The van der Waals surface area contributed by atoms with Crippen LogP contribution in [0.1, 0.15) is 24.2 Å². The summed E-state index contributed by atoms with van der Waals surface area (Å²) in [4.78, 5) is 16.0. The van der Waals surface area contributed by atoms with Gasteiger partial charge in [0.05, 0.1) is 33.2 Å². The Morgan fingerprint density at radius 3 is 2.71 bits per heavy atom. The van der Waals surface area contributed by atoms with Crippen LogP contribution in [0.5, 0.6) is 0 Å². The molecule has 0 aliphatic rings. The molecule has 0 saturated carbocycles. The number of nitrogens with one attached hydrogen (secondary N) is 2. The second-order valence-electron chi connectivity index (χ2n) is 4.82. The zero-order valence-corrected chi connectivity index (χ0v) is 13.2. The molecule has 0 aliphatic heterocycles. The summed E-state index contributed by atoms with van der Waals surface area (Å²) in [5.74, 6) is -0.168. The summed E-state index contributed by atoms with van der Waals surface area (Å²) in [5.41, 5.74) is 1.80. The number of nitrogens with zero attached hydrogens (tertiary/aromatic N) is 1. The highest BCUT2D eigenvalue weighted by atomic mass is 35.5. The van der Waals surface area contributed by atoms with Crippen LogP contribution >= 0.6 is 23.2 Å². The highest BCUT2D eigenvalue weighted by Crippen LogP contribution is 2.31. The molecule has 0 bridgehead atoms. The van der Waals surface area contributed by atoms with Crippen molar-refractivity contribution >= 4 is 40.5 Å². The number of amides is 1. The van der Waals surface area contributed by atoms with Crippen LogP contribution in [-0.4, -0.2) is 16.9 Å². The van der Waals surface area contributed by atoms with Gasteiger partial charge < -0.3 is 10.6 Å². The monoisotopic (exact) mass is 323 g/mol. The van der Waals surface area contributed by atoms with Gasteiger partial charge in [-0.25, -0.2) is 0 Å². The van der Waals surface area contributed by atoms with E-state index in [1.54, 1.807) is 30.5 Å². The van der Waals surface area contributed by atoms with Crippen LogP contribution in [0.25, 0.3) is 0 Å². The van der Waals surface area contributed by atoms with E-state index < -0.39 is 0 Å². The molecule has 0 fully saturated rings. The van der Waals surface area contributed by atoms with Crippen molar-refractivity contribution in [2.75, 3.05) is 5.32 Å². The summed E-state index contributed by atoms with van der Waals surface area (Å²) < 4.78 is 0. The van der Waals surface area contributed by atoms with Crippen LogP contribution in [0.15, 0.2) is 36.7 Å². The normalized spacial score (nSPS) is 10.5. The van der Waals surface area contributed by atoms with Crippen LogP contribution < -0.4 is 10.6 Å². The number of pyridine rings is 1. The quantitative estimate of drug-likeness (QED) is 0.883. The number of aromatic nitrogens is 1. The summed E-state index contributed by atoms with van der Waals surface area (Å²) in [7, 11) is 0. The van der Waals surface area contributed by atoms with E-state index in [9.17, 15) is 4.79 Å². The third-order valence-corrected chi connectivity index (χ3v) is 3.47. The van der Waals surface area contributed by atoms with E-state index >= 15 is 0 Å². The SMILES string of the molecule is CC(C)NC(=O)c1cncc(Nc2cccc(Cl)c2Cl)c1. The fourth-order valence-electron chi connectivity index (χ4n) is 1.73. The number of carbonyl (C=O) groups is 1. The van der Waals surface area contributed by atoms with Crippen molar-refractivity contribution < 1.29 is 4.79 Å². The molecule has 21 heavy (non-hydrogen) atoms. The molecule has 0 atom stereocenters. The highest BCUT2D eigenvalue weighted by Gasteiger charge is 2.09. The smallest absolute Gasteiger partial charge is 0.253 e. The lowest BCUT2D eigenvalue weighted by Gasteiger charge is -2.11. The topological polar surface area (TPSA) is 54.0 Å². The number of halogens is 2. The maximum atomic E-state index is 12.0. The Hall–Kier alpha value is -1.78. The molecule has 1 amide bonds. The third kappa shape index (κ3) is 4.09.